The number of unbranched alkanes of at least 4 members (excludes halogenated alkanes) is 10. The molecule has 5 fully saturated rings. The largest absolute Gasteiger partial charge is 0.457 e. The predicted octanol–water partition coefficient (Wildman–Crippen LogP) is 7.72. The number of fused-ring (bicyclic) bond motifs is 2. The summed E-state index contributed by atoms with van der Waals surface area (Å²) in [5.74, 6) is -3.60. The molecule has 0 saturated carbocycles. The molecule has 0 bridgehead atoms. The minimum absolute atomic E-state index is 0.0190. The number of rotatable bonds is 26. The summed E-state index contributed by atoms with van der Waals surface area (Å²) in [4.78, 5) is 54.5. The summed E-state index contributed by atoms with van der Waals surface area (Å²) in [6.07, 6.45) is -8.18. The fraction of sp³-hybridized carbons (Fsp3) is 0.818. The number of carbonyl (C=O) groups is 4. The van der Waals surface area contributed by atoms with Crippen molar-refractivity contribution >= 4 is 30.0 Å². The molecular weight excluding hydrogens is 1140 g/mol. The standard InChI is InChI=1S/C66H106O22/c1-8-11-13-14-15-16-19-22-29-35-47(68)82-55-41(5)77-63(59(52(55)73)84-49(70)38-37-44-31-26-24-27-32-44)86-57-43(7)79-65(61(54(57)75)85-62(76)40(4)10-3)87-56-42(6)78-64-60(53(56)74)83-48(69)36-30-23-20-17-18-21-28-34-45(33-25-12-9-2)80-66-58(88-64)51(72)50(71)46(39-67)81-66/h24,26-27,31-32,37-38,40-43,45-46,50-61,63-67,71-75H,8-23,25,28-30,33-36,39H2,1-7H3/b38-37+/t40-,41-,42-,43-,45+,46+,50+,51-,52+,53+,54+,55-,56-,57-,58+,59+,60+,61+,63-,64-,65-,66+/m0/s1. The SMILES string of the molecule is CCCCCCCCCCCC(=O)O[C@@H]1[C@@H](O)[C@@H](OC(=O)/C=C/c2ccccc2)[C@H](O[C@@H]2[C@@H](O)[C@@H](OC(=O)[C@@H](C)CC)[C@H](O[C@@H]3[C@@H](O)[C@H]4OC(=O)CCCCCCCCC[C@@H](CCCCC)O[C@@H]5O[C@H](CO)[C@@H](O)[C@H](O)[C@H]5O[C@@H]4O[C@H]3C)O[C@H]2C)O[C@H]1C. The van der Waals surface area contributed by atoms with Crippen LogP contribution in [0, 0.1) is 5.92 Å². The molecule has 5 heterocycles. The molecule has 5 aliphatic heterocycles. The van der Waals surface area contributed by atoms with E-state index in [1.165, 1.54) is 45.6 Å². The van der Waals surface area contributed by atoms with Gasteiger partial charge in [0, 0.05) is 18.9 Å². The molecule has 22 nitrogen and oxygen atoms in total. The third-order valence-electron chi connectivity index (χ3n) is 17.6. The molecule has 6 N–H and O–H groups in total. The van der Waals surface area contributed by atoms with E-state index < -0.39 is 159 Å². The van der Waals surface area contributed by atoms with Crippen molar-refractivity contribution < 1.29 is 107 Å². The Kier molecular flexibility index (Phi) is 31.9. The summed E-state index contributed by atoms with van der Waals surface area (Å²) in [5.41, 5.74) is 0.682. The Bertz CT molecular complexity index is 2200. The van der Waals surface area contributed by atoms with Gasteiger partial charge >= 0.3 is 23.9 Å². The van der Waals surface area contributed by atoms with Gasteiger partial charge in [-0.1, -0.05) is 167 Å². The van der Waals surface area contributed by atoms with E-state index in [0.29, 0.717) is 37.7 Å². The van der Waals surface area contributed by atoms with E-state index in [1.54, 1.807) is 45.0 Å². The predicted molar refractivity (Wildman–Crippen MR) is 320 cm³/mol. The quantitative estimate of drug-likeness (QED) is 0.0224. The van der Waals surface area contributed by atoms with Crippen LogP contribution in [0.4, 0.5) is 0 Å². The molecule has 0 amide bonds. The first-order chi connectivity index (χ1) is 42.4. The molecule has 5 aliphatic rings. The van der Waals surface area contributed by atoms with Gasteiger partial charge in [-0.2, -0.15) is 0 Å². The molecule has 1 aromatic carbocycles. The van der Waals surface area contributed by atoms with E-state index in [-0.39, 0.29) is 18.9 Å². The smallest absolute Gasteiger partial charge is 0.331 e. The fourth-order valence-corrected chi connectivity index (χ4v) is 11.9. The normalized spacial score (nSPS) is 36.0. The molecule has 6 rings (SSSR count). The molecule has 0 unspecified atom stereocenters. The monoisotopic (exact) mass is 1250 g/mol. The Balaban J connectivity index is 1.24. The highest BCUT2D eigenvalue weighted by Crippen LogP contribution is 2.38. The first kappa shape index (κ1) is 73.3. The number of ether oxygens (including phenoxy) is 12. The van der Waals surface area contributed by atoms with Crippen molar-refractivity contribution in [3.05, 3.63) is 42.0 Å². The molecule has 0 radical (unpaired) electrons. The Morgan fingerprint density at radius 3 is 1.78 bits per heavy atom. The maximum atomic E-state index is 13.8. The van der Waals surface area contributed by atoms with E-state index in [2.05, 4.69) is 13.8 Å². The van der Waals surface area contributed by atoms with Crippen LogP contribution in [-0.4, -0.2) is 190 Å². The lowest BCUT2D eigenvalue weighted by Gasteiger charge is -2.50. The molecule has 1 aromatic rings. The lowest BCUT2D eigenvalue weighted by molar-refractivity contribution is -0.389. The molecule has 22 heteroatoms. The first-order valence-corrected chi connectivity index (χ1v) is 33.2. The van der Waals surface area contributed by atoms with Crippen LogP contribution in [0.2, 0.25) is 0 Å². The Hall–Kier alpha value is -3.72. The average molecular weight is 1250 g/mol. The van der Waals surface area contributed by atoms with Crippen LogP contribution >= 0.6 is 0 Å². The molecule has 22 atom stereocenters. The minimum atomic E-state index is -1.81. The highest BCUT2D eigenvalue weighted by molar-refractivity contribution is 5.87. The van der Waals surface area contributed by atoms with E-state index in [9.17, 15) is 49.8 Å². The molecular formula is C66H106O22. The summed E-state index contributed by atoms with van der Waals surface area (Å²) >= 11 is 0. The molecule has 88 heavy (non-hydrogen) atoms. The molecule has 5 saturated heterocycles. The number of carbonyl (C=O) groups excluding carboxylic acids is 4. The van der Waals surface area contributed by atoms with Gasteiger partial charge in [0.15, 0.2) is 49.6 Å². The number of esters is 4. The first-order valence-electron chi connectivity index (χ1n) is 33.2. The highest BCUT2D eigenvalue weighted by Gasteiger charge is 2.57. The Morgan fingerprint density at radius 1 is 0.580 bits per heavy atom. The van der Waals surface area contributed by atoms with Gasteiger partial charge in [-0.3, -0.25) is 14.4 Å². The van der Waals surface area contributed by atoms with Gasteiger partial charge in [0.1, 0.15) is 54.9 Å². The molecule has 0 aliphatic carbocycles. The topological polar surface area (TPSA) is 300 Å². The molecule has 502 valence electrons. The third kappa shape index (κ3) is 22.0. The van der Waals surface area contributed by atoms with Crippen LogP contribution in [0.15, 0.2) is 36.4 Å². The maximum Gasteiger partial charge on any atom is 0.331 e. The van der Waals surface area contributed by atoms with Gasteiger partial charge in [0.05, 0.1) is 36.9 Å². The summed E-state index contributed by atoms with van der Waals surface area (Å²) in [6, 6.07) is 8.95. The highest BCUT2D eigenvalue weighted by atomic mass is 16.8. The van der Waals surface area contributed by atoms with Gasteiger partial charge in [0.2, 0.25) is 0 Å². The van der Waals surface area contributed by atoms with Crippen molar-refractivity contribution in [2.75, 3.05) is 6.61 Å². The Morgan fingerprint density at radius 2 is 1.14 bits per heavy atom. The second-order valence-corrected chi connectivity index (χ2v) is 24.7. The second-order valence-electron chi connectivity index (χ2n) is 24.7. The van der Waals surface area contributed by atoms with Crippen LogP contribution in [0.3, 0.4) is 0 Å². The maximum absolute atomic E-state index is 13.8. The number of hydrogen-bond donors (Lipinski definition) is 6. The summed E-state index contributed by atoms with van der Waals surface area (Å²) in [5, 5.41) is 70.1. The third-order valence-corrected chi connectivity index (χ3v) is 17.6. The van der Waals surface area contributed by atoms with Crippen molar-refractivity contribution in [2.24, 2.45) is 5.92 Å². The van der Waals surface area contributed by atoms with Gasteiger partial charge in [-0.05, 0) is 64.5 Å². The van der Waals surface area contributed by atoms with Crippen LogP contribution in [0.25, 0.3) is 6.08 Å². The van der Waals surface area contributed by atoms with Crippen LogP contribution in [-0.2, 0) is 76.0 Å². The lowest BCUT2D eigenvalue weighted by Crippen LogP contribution is -2.67. The Labute approximate surface area is 520 Å². The minimum Gasteiger partial charge on any atom is -0.457 e. The zero-order valence-electron chi connectivity index (χ0n) is 53.1. The summed E-state index contributed by atoms with van der Waals surface area (Å²) in [6.45, 7) is 11.6. The summed E-state index contributed by atoms with van der Waals surface area (Å²) < 4.78 is 75.0. The van der Waals surface area contributed by atoms with Gasteiger partial charge in [-0.25, -0.2) is 4.79 Å². The van der Waals surface area contributed by atoms with Crippen molar-refractivity contribution in [1.29, 1.82) is 0 Å². The summed E-state index contributed by atoms with van der Waals surface area (Å²) in [7, 11) is 0. The van der Waals surface area contributed by atoms with Crippen molar-refractivity contribution in [3.63, 3.8) is 0 Å². The molecule has 0 aromatic heterocycles. The van der Waals surface area contributed by atoms with E-state index in [4.69, 9.17) is 56.8 Å². The van der Waals surface area contributed by atoms with E-state index >= 15 is 0 Å². The second kappa shape index (κ2) is 38.3. The van der Waals surface area contributed by atoms with Crippen LogP contribution in [0.1, 0.15) is 208 Å². The van der Waals surface area contributed by atoms with Gasteiger partial charge < -0.3 is 87.5 Å². The number of aliphatic hydroxyl groups is 6. The van der Waals surface area contributed by atoms with E-state index in [1.807, 2.05) is 6.07 Å². The van der Waals surface area contributed by atoms with Gasteiger partial charge in [-0.15, -0.1) is 0 Å². The van der Waals surface area contributed by atoms with Gasteiger partial charge in [0.25, 0.3) is 0 Å². The van der Waals surface area contributed by atoms with Crippen LogP contribution < -0.4 is 0 Å². The van der Waals surface area contributed by atoms with Crippen LogP contribution in [0.5, 0.6) is 0 Å². The van der Waals surface area contributed by atoms with Crippen molar-refractivity contribution in [1.82, 2.24) is 0 Å². The molecule has 0 spiro atoms. The number of aliphatic hydroxyl groups excluding tert-OH is 6. The number of hydrogen-bond acceptors (Lipinski definition) is 22. The van der Waals surface area contributed by atoms with E-state index in [0.717, 1.165) is 89.5 Å². The van der Waals surface area contributed by atoms with Crippen molar-refractivity contribution in [2.45, 2.75) is 331 Å². The number of benzene rings is 1. The fourth-order valence-electron chi connectivity index (χ4n) is 11.9. The van der Waals surface area contributed by atoms with Crippen molar-refractivity contribution in [3.8, 4) is 0 Å². The zero-order valence-corrected chi connectivity index (χ0v) is 53.1. The zero-order chi connectivity index (χ0) is 63.7. The average Bonchev–Trinajstić information content (AvgIpc) is 3.05. The lowest BCUT2D eigenvalue weighted by atomic mass is 9.95.